The van der Waals surface area contributed by atoms with Gasteiger partial charge < -0.3 is 25.1 Å². The van der Waals surface area contributed by atoms with E-state index in [1.54, 1.807) is 0 Å². The maximum atomic E-state index is 5.87. The van der Waals surface area contributed by atoms with E-state index in [9.17, 15) is 0 Å². The third kappa shape index (κ3) is 2.55. The van der Waals surface area contributed by atoms with Gasteiger partial charge in [-0.1, -0.05) is 0 Å². The molecule has 1 aromatic carbocycles. The molecule has 6 nitrogen and oxygen atoms in total. The molecule has 1 saturated heterocycles. The summed E-state index contributed by atoms with van der Waals surface area (Å²) in [6, 6.07) is 8.41. The van der Waals surface area contributed by atoms with E-state index in [0.29, 0.717) is 0 Å². The Balaban J connectivity index is 1.68. The third-order valence-corrected chi connectivity index (χ3v) is 4.60. The van der Waals surface area contributed by atoms with Crippen LogP contribution in [0.4, 0.5) is 11.4 Å². The summed E-state index contributed by atoms with van der Waals surface area (Å²) in [5, 5.41) is 0. The van der Waals surface area contributed by atoms with E-state index in [0.717, 1.165) is 54.4 Å². The van der Waals surface area contributed by atoms with Crippen molar-refractivity contribution in [1.29, 1.82) is 0 Å². The van der Waals surface area contributed by atoms with Gasteiger partial charge in [-0.2, -0.15) is 0 Å². The van der Waals surface area contributed by atoms with E-state index < -0.39 is 0 Å². The van der Waals surface area contributed by atoms with Gasteiger partial charge in [0.1, 0.15) is 0 Å². The number of imidazole rings is 1. The van der Waals surface area contributed by atoms with Crippen molar-refractivity contribution in [2.45, 2.75) is 0 Å². The minimum absolute atomic E-state index is 0.751. The van der Waals surface area contributed by atoms with Crippen LogP contribution >= 0.6 is 0 Å². The molecule has 3 N–H and O–H groups in total. The number of nitrogen functional groups attached to an aromatic ring is 1. The molecule has 1 aliphatic heterocycles. The lowest BCUT2D eigenvalue weighted by Gasteiger charge is -2.34. The van der Waals surface area contributed by atoms with Gasteiger partial charge in [0, 0.05) is 45.1 Å². The Labute approximate surface area is 135 Å². The summed E-state index contributed by atoms with van der Waals surface area (Å²) < 4.78 is 1.99. The number of aromatic nitrogens is 3. The summed E-state index contributed by atoms with van der Waals surface area (Å²) in [6.45, 7) is 4.33. The number of hydrogen-bond donors (Lipinski definition) is 2. The molecule has 0 bridgehead atoms. The summed E-state index contributed by atoms with van der Waals surface area (Å²) in [5.74, 6) is 0.856. The first kappa shape index (κ1) is 14.1. The van der Waals surface area contributed by atoms with Crippen molar-refractivity contribution < 1.29 is 0 Å². The third-order valence-electron chi connectivity index (χ3n) is 4.60. The van der Waals surface area contributed by atoms with E-state index >= 15 is 0 Å². The highest BCUT2D eigenvalue weighted by atomic mass is 15.2. The molecule has 1 aliphatic rings. The fraction of sp³-hybridized carbons (Fsp3) is 0.353. The van der Waals surface area contributed by atoms with Crippen LogP contribution in [-0.2, 0) is 7.05 Å². The number of aromatic amines is 1. The molecule has 3 heterocycles. The maximum absolute atomic E-state index is 5.87. The topological polar surface area (TPSA) is 66.1 Å². The quantitative estimate of drug-likeness (QED) is 0.759. The predicted molar refractivity (Wildman–Crippen MR) is 94.6 cm³/mol. The zero-order valence-corrected chi connectivity index (χ0v) is 13.6. The first-order chi connectivity index (χ1) is 11.1. The predicted octanol–water partition coefficient (Wildman–Crippen LogP) is 1.90. The van der Waals surface area contributed by atoms with Crippen molar-refractivity contribution in [2.75, 3.05) is 43.9 Å². The number of likely N-dealkylation sites (N-methyl/N-ethyl adjacent to an activating group) is 1. The van der Waals surface area contributed by atoms with Crippen molar-refractivity contribution in [3.63, 3.8) is 0 Å². The van der Waals surface area contributed by atoms with Crippen molar-refractivity contribution in [2.24, 2.45) is 7.05 Å². The molecular weight excluding hydrogens is 288 g/mol. The van der Waals surface area contributed by atoms with Gasteiger partial charge in [-0.15, -0.1) is 0 Å². The average Bonchev–Trinajstić information content (AvgIpc) is 3.09. The molecule has 6 heteroatoms. The molecular formula is C17H22N6. The second-order valence-electron chi connectivity index (χ2n) is 6.35. The Morgan fingerprint density at radius 2 is 1.87 bits per heavy atom. The molecule has 120 valence electrons. The summed E-state index contributed by atoms with van der Waals surface area (Å²) >= 11 is 0. The Morgan fingerprint density at radius 3 is 2.57 bits per heavy atom. The molecule has 4 rings (SSSR count). The number of nitrogens with zero attached hydrogens (tertiary/aromatic N) is 4. The Kier molecular flexibility index (Phi) is 3.27. The summed E-state index contributed by atoms with van der Waals surface area (Å²) in [4.78, 5) is 12.9. The van der Waals surface area contributed by atoms with Crippen LogP contribution in [-0.4, -0.2) is 52.7 Å². The summed E-state index contributed by atoms with van der Waals surface area (Å²) in [7, 11) is 4.15. The maximum Gasteiger partial charge on any atom is 0.155 e. The summed E-state index contributed by atoms with van der Waals surface area (Å²) in [6.07, 6.45) is 1.90. The minimum atomic E-state index is 0.751. The van der Waals surface area contributed by atoms with Crippen molar-refractivity contribution >= 4 is 22.4 Å². The second kappa shape index (κ2) is 5.31. The second-order valence-corrected chi connectivity index (χ2v) is 6.35. The lowest BCUT2D eigenvalue weighted by Crippen LogP contribution is -2.44. The van der Waals surface area contributed by atoms with E-state index in [1.165, 1.54) is 5.69 Å². The zero-order valence-electron chi connectivity index (χ0n) is 13.6. The van der Waals surface area contributed by atoms with Crippen LogP contribution in [0.15, 0.2) is 30.5 Å². The largest absolute Gasteiger partial charge is 0.397 e. The Morgan fingerprint density at radius 1 is 1.09 bits per heavy atom. The SMILES string of the molecule is CN1CCN(c2ccc3[nH]c(-c4cc(N)cn4C)nc3c2)CC1. The van der Waals surface area contributed by atoms with Crippen LogP contribution in [0.2, 0.25) is 0 Å². The molecule has 3 aromatic rings. The molecule has 0 radical (unpaired) electrons. The number of aryl methyl sites for hydroxylation is 1. The van der Waals surface area contributed by atoms with E-state index in [1.807, 2.05) is 23.9 Å². The fourth-order valence-electron chi connectivity index (χ4n) is 3.20. The monoisotopic (exact) mass is 310 g/mol. The Hall–Kier alpha value is -2.47. The standard InChI is InChI=1S/C17H22N6/c1-21-5-7-23(8-6-21)13-3-4-14-15(10-13)20-17(19-14)16-9-12(18)11-22(16)2/h3-4,9-11H,5-8,18H2,1-2H3,(H,19,20). The number of hydrogen-bond acceptors (Lipinski definition) is 4. The lowest BCUT2D eigenvalue weighted by atomic mass is 10.2. The molecule has 0 aliphatic carbocycles. The van der Waals surface area contributed by atoms with Gasteiger partial charge in [0.2, 0.25) is 0 Å². The van der Waals surface area contributed by atoms with Crippen LogP contribution in [0, 0.1) is 0 Å². The van der Waals surface area contributed by atoms with Gasteiger partial charge in [-0.05, 0) is 31.3 Å². The molecule has 23 heavy (non-hydrogen) atoms. The van der Waals surface area contributed by atoms with Gasteiger partial charge in [-0.25, -0.2) is 4.98 Å². The van der Waals surface area contributed by atoms with Crippen molar-refractivity contribution in [3.8, 4) is 11.5 Å². The number of rotatable bonds is 2. The van der Waals surface area contributed by atoms with Crippen LogP contribution in [0.5, 0.6) is 0 Å². The van der Waals surface area contributed by atoms with E-state index in [4.69, 9.17) is 10.7 Å². The van der Waals surface area contributed by atoms with Crippen LogP contribution in [0.3, 0.4) is 0 Å². The molecule has 0 saturated carbocycles. The molecule has 0 unspecified atom stereocenters. The van der Waals surface area contributed by atoms with Gasteiger partial charge in [-0.3, -0.25) is 0 Å². The zero-order chi connectivity index (χ0) is 16.0. The number of anilines is 2. The van der Waals surface area contributed by atoms with Crippen molar-refractivity contribution in [3.05, 3.63) is 30.5 Å². The minimum Gasteiger partial charge on any atom is -0.397 e. The molecule has 0 spiro atoms. The number of fused-ring (bicyclic) bond motifs is 1. The lowest BCUT2D eigenvalue weighted by molar-refractivity contribution is 0.313. The highest BCUT2D eigenvalue weighted by Crippen LogP contribution is 2.26. The average molecular weight is 310 g/mol. The first-order valence-corrected chi connectivity index (χ1v) is 7.95. The first-order valence-electron chi connectivity index (χ1n) is 7.95. The molecule has 0 amide bonds. The number of nitrogens with one attached hydrogen (secondary N) is 1. The number of H-pyrrole nitrogens is 1. The van der Waals surface area contributed by atoms with Gasteiger partial charge in [0.05, 0.1) is 22.4 Å². The molecule has 1 fully saturated rings. The highest BCUT2D eigenvalue weighted by Gasteiger charge is 2.16. The smallest absolute Gasteiger partial charge is 0.155 e. The van der Waals surface area contributed by atoms with Crippen LogP contribution in [0.25, 0.3) is 22.6 Å². The van der Waals surface area contributed by atoms with Gasteiger partial charge >= 0.3 is 0 Å². The van der Waals surface area contributed by atoms with Crippen LogP contribution < -0.4 is 10.6 Å². The number of nitrogens with two attached hydrogens (primary N) is 1. The number of piperazine rings is 1. The van der Waals surface area contributed by atoms with Gasteiger partial charge in [0.25, 0.3) is 0 Å². The van der Waals surface area contributed by atoms with E-state index in [-0.39, 0.29) is 0 Å². The number of benzene rings is 1. The fourth-order valence-corrected chi connectivity index (χ4v) is 3.20. The summed E-state index contributed by atoms with van der Waals surface area (Å²) in [5.41, 5.74) is 10.9. The van der Waals surface area contributed by atoms with Crippen LogP contribution in [0.1, 0.15) is 0 Å². The molecule has 2 aromatic heterocycles. The van der Waals surface area contributed by atoms with Crippen molar-refractivity contribution in [1.82, 2.24) is 19.4 Å². The van der Waals surface area contributed by atoms with Gasteiger partial charge in [0.15, 0.2) is 5.82 Å². The Bertz CT molecular complexity index is 838. The van der Waals surface area contributed by atoms with E-state index in [2.05, 4.69) is 40.0 Å². The normalized spacial score (nSPS) is 16.3. The highest BCUT2D eigenvalue weighted by molar-refractivity contribution is 5.83. The molecule has 0 atom stereocenters.